The van der Waals surface area contributed by atoms with Gasteiger partial charge in [-0.3, -0.25) is 9.59 Å². The van der Waals surface area contributed by atoms with Crippen LogP contribution in [0.15, 0.2) is 48.6 Å². The lowest BCUT2D eigenvalue weighted by atomic mass is 9.79. The summed E-state index contributed by atoms with van der Waals surface area (Å²) in [4.78, 5) is 60.4. The number of carboxylic acids is 2. The summed E-state index contributed by atoms with van der Waals surface area (Å²) >= 11 is 0. The number of hydrogen-bond donors (Lipinski definition) is 7. The quantitative estimate of drug-likeness (QED) is 0.0659. The molecule has 2 aromatic carbocycles. The molecule has 43 heavy (non-hydrogen) atoms. The summed E-state index contributed by atoms with van der Waals surface area (Å²) in [6, 6.07) is 7.21. The Morgan fingerprint density at radius 3 is 1.63 bits per heavy atom. The Balaban J connectivity index is 1.90. The van der Waals surface area contributed by atoms with Crippen molar-refractivity contribution in [1.82, 2.24) is 0 Å². The maximum absolute atomic E-state index is 12.7. The number of carbonyl (C=O) groups is 5. The van der Waals surface area contributed by atoms with Crippen LogP contribution in [0.25, 0.3) is 12.2 Å². The molecule has 15 nitrogen and oxygen atoms in total. The molecule has 1 aliphatic carbocycles. The second kappa shape index (κ2) is 13.4. The molecule has 0 bridgehead atoms. The van der Waals surface area contributed by atoms with Crippen LogP contribution in [0.4, 0.5) is 0 Å². The molecule has 2 aromatic rings. The number of ether oxygens (including phenoxy) is 3. The van der Waals surface area contributed by atoms with Crippen LogP contribution in [0.3, 0.4) is 0 Å². The van der Waals surface area contributed by atoms with E-state index in [9.17, 15) is 54.6 Å². The lowest BCUT2D eigenvalue weighted by molar-refractivity contribution is -0.212. The molecule has 1 saturated carbocycles. The highest BCUT2D eigenvalue weighted by molar-refractivity contribution is 5.91. The molecule has 0 amide bonds. The highest BCUT2D eigenvalue weighted by Gasteiger charge is 2.54. The number of benzene rings is 2. The van der Waals surface area contributed by atoms with Gasteiger partial charge in [-0.1, -0.05) is 12.1 Å². The lowest BCUT2D eigenvalue weighted by Gasteiger charge is -2.42. The van der Waals surface area contributed by atoms with E-state index >= 15 is 0 Å². The van der Waals surface area contributed by atoms with Gasteiger partial charge in [-0.2, -0.15) is 0 Å². The second-order valence-corrected chi connectivity index (χ2v) is 9.38. The van der Waals surface area contributed by atoms with E-state index in [4.69, 9.17) is 19.3 Å². The summed E-state index contributed by atoms with van der Waals surface area (Å²) in [6.07, 6.45) is -4.06. The lowest BCUT2D eigenvalue weighted by Crippen LogP contribution is -2.59. The number of aliphatic carboxylic acids is 2. The van der Waals surface area contributed by atoms with E-state index in [1.165, 1.54) is 18.2 Å². The molecule has 0 aromatic heterocycles. The van der Waals surface area contributed by atoms with Crippen LogP contribution in [0.5, 0.6) is 23.0 Å². The number of esters is 3. The van der Waals surface area contributed by atoms with E-state index in [-0.39, 0.29) is 11.1 Å². The Kier molecular flexibility index (Phi) is 9.95. The first-order chi connectivity index (χ1) is 20.2. The molecule has 0 saturated heterocycles. The van der Waals surface area contributed by atoms with Gasteiger partial charge in [0.15, 0.2) is 34.7 Å². The molecular formula is C28H26O15. The van der Waals surface area contributed by atoms with Gasteiger partial charge in [0, 0.05) is 25.0 Å². The number of rotatable bonds is 10. The minimum atomic E-state index is -2.66. The fourth-order valence-corrected chi connectivity index (χ4v) is 4.08. The number of aliphatic hydroxyl groups is 1. The zero-order valence-electron chi connectivity index (χ0n) is 22.0. The Morgan fingerprint density at radius 2 is 1.19 bits per heavy atom. The Hall–Kier alpha value is -5.57. The van der Waals surface area contributed by atoms with E-state index in [1.54, 1.807) is 0 Å². The topological polar surface area (TPSA) is 255 Å². The molecule has 0 spiro atoms. The van der Waals surface area contributed by atoms with Crippen molar-refractivity contribution in [2.24, 2.45) is 0 Å². The highest BCUT2D eigenvalue weighted by atomic mass is 16.6. The Bertz CT molecular complexity index is 1480. The van der Waals surface area contributed by atoms with Crippen LogP contribution in [0.2, 0.25) is 0 Å². The van der Waals surface area contributed by atoms with Gasteiger partial charge in [-0.15, -0.1) is 0 Å². The molecule has 0 radical (unpaired) electrons. The molecule has 7 N–H and O–H groups in total. The molecule has 0 heterocycles. The SMILES string of the molecule is O=C(O)CC(=O)O[C@@H]1C[C@](O)(C(=O)O)C[C@@H](OC(=O)/C=C/c2ccc(O)c(O)c2)[C@H]1OC(=O)/C=C/c1ccc(O)c(O)c1. The van der Waals surface area contributed by atoms with E-state index in [0.29, 0.717) is 0 Å². The average molecular weight is 603 g/mol. The fraction of sp³-hybridized carbons (Fsp3) is 0.250. The normalized spacial score (nSPS) is 21.7. The number of phenolic OH excluding ortho intramolecular Hbond substituents is 4. The molecule has 4 atom stereocenters. The molecule has 0 unspecified atom stereocenters. The Morgan fingerprint density at radius 1 is 0.721 bits per heavy atom. The molecule has 1 aliphatic rings. The van der Waals surface area contributed by atoms with Crippen molar-refractivity contribution in [3.05, 3.63) is 59.7 Å². The molecule has 0 aliphatic heterocycles. The van der Waals surface area contributed by atoms with Crippen molar-refractivity contribution in [2.75, 3.05) is 0 Å². The fourth-order valence-electron chi connectivity index (χ4n) is 4.08. The third-order valence-electron chi connectivity index (χ3n) is 6.13. The van der Waals surface area contributed by atoms with Crippen molar-refractivity contribution in [3.63, 3.8) is 0 Å². The van der Waals surface area contributed by atoms with Crippen molar-refractivity contribution in [3.8, 4) is 23.0 Å². The smallest absolute Gasteiger partial charge is 0.335 e. The van der Waals surface area contributed by atoms with Gasteiger partial charge in [0.25, 0.3) is 0 Å². The zero-order valence-corrected chi connectivity index (χ0v) is 22.0. The van der Waals surface area contributed by atoms with Crippen molar-refractivity contribution < 1.29 is 73.9 Å². The van der Waals surface area contributed by atoms with Gasteiger partial charge in [0.2, 0.25) is 0 Å². The van der Waals surface area contributed by atoms with Crippen molar-refractivity contribution in [2.45, 2.75) is 43.2 Å². The number of hydrogen-bond acceptors (Lipinski definition) is 13. The van der Waals surface area contributed by atoms with Gasteiger partial charge in [0.05, 0.1) is 0 Å². The van der Waals surface area contributed by atoms with Crippen molar-refractivity contribution in [1.29, 1.82) is 0 Å². The van der Waals surface area contributed by atoms with Crippen LogP contribution >= 0.6 is 0 Å². The van der Waals surface area contributed by atoms with Gasteiger partial charge in [0.1, 0.15) is 18.6 Å². The third-order valence-corrected chi connectivity index (χ3v) is 6.13. The largest absolute Gasteiger partial charge is 0.504 e. The van der Waals surface area contributed by atoms with Gasteiger partial charge >= 0.3 is 29.8 Å². The van der Waals surface area contributed by atoms with Crippen LogP contribution in [-0.4, -0.2) is 89.5 Å². The first kappa shape index (κ1) is 32.0. The molecule has 15 heteroatoms. The minimum absolute atomic E-state index is 0.242. The summed E-state index contributed by atoms with van der Waals surface area (Å²) in [5.41, 5.74) is -2.17. The first-order valence-electron chi connectivity index (χ1n) is 12.4. The summed E-state index contributed by atoms with van der Waals surface area (Å²) < 4.78 is 15.7. The summed E-state index contributed by atoms with van der Waals surface area (Å²) in [5, 5.41) is 67.4. The molecule has 3 rings (SSSR count). The summed E-state index contributed by atoms with van der Waals surface area (Å²) in [7, 11) is 0. The van der Waals surface area contributed by atoms with Crippen LogP contribution in [0, 0.1) is 0 Å². The molecule has 228 valence electrons. The van der Waals surface area contributed by atoms with E-state index in [1.807, 2.05) is 0 Å². The molecule has 1 fully saturated rings. The number of carbonyl (C=O) groups excluding carboxylic acids is 3. The summed E-state index contributed by atoms with van der Waals surface area (Å²) in [6.45, 7) is 0. The number of carboxylic acid groups (broad SMARTS) is 2. The first-order valence-corrected chi connectivity index (χ1v) is 12.4. The van der Waals surface area contributed by atoms with Crippen LogP contribution in [0.1, 0.15) is 30.4 Å². The second-order valence-electron chi connectivity index (χ2n) is 9.38. The van der Waals surface area contributed by atoms with Crippen LogP contribution in [-0.2, 0) is 38.2 Å². The maximum atomic E-state index is 12.7. The molecular weight excluding hydrogens is 576 g/mol. The monoisotopic (exact) mass is 602 g/mol. The predicted molar refractivity (Wildman–Crippen MR) is 141 cm³/mol. The minimum Gasteiger partial charge on any atom is -0.504 e. The third kappa shape index (κ3) is 8.71. The average Bonchev–Trinajstić information content (AvgIpc) is 2.91. The highest BCUT2D eigenvalue weighted by Crippen LogP contribution is 2.35. The standard InChI is InChI=1S/C28H26O15/c29-16-5-1-14(9-18(16)31)3-7-23(35)41-20-12-28(40,27(38)39)13-21(42-25(37)11-22(33)34)26(20)43-24(36)8-4-15-2-6-17(30)19(32)10-15/h1-10,20-21,26,29-32,40H,11-13H2,(H,33,34)(H,38,39)/b7-3+,8-4+/t20-,21-,26-,28+/m1/s1. The van der Waals surface area contributed by atoms with E-state index in [2.05, 4.69) is 0 Å². The number of aromatic hydroxyl groups is 4. The number of phenols is 4. The summed E-state index contributed by atoms with van der Waals surface area (Å²) in [5.74, 6) is -8.81. The zero-order chi connectivity index (χ0) is 31.9. The van der Waals surface area contributed by atoms with Gasteiger partial charge < -0.3 is 50.0 Å². The van der Waals surface area contributed by atoms with E-state index < -0.39 is 96.0 Å². The van der Waals surface area contributed by atoms with Gasteiger partial charge in [-0.05, 0) is 47.5 Å². The van der Waals surface area contributed by atoms with Crippen LogP contribution < -0.4 is 0 Å². The van der Waals surface area contributed by atoms with Gasteiger partial charge in [-0.25, -0.2) is 14.4 Å². The van der Waals surface area contributed by atoms with Crippen molar-refractivity contribution >= 4 is 42.0 Å². The Labute approximate surface area is 242 Å². The maximum Gasteiger partial charge on any atom is 0.335 e. The predicted octanol–water partition coefficient (Wildman–Crippen LogP) is 1.06. The van der Waals surface area contributed by atoms with E-state index in [0.717, 1.165) is 42.5 Å².